The van der Waals surface area contributed by atoms with Crippen LogP contribution in [0.25, 0.3) is 0 Å². The van der Waals surface area contributed by atoms with E-state index in [0.717, 1.165) is 25.7 Å². The molecule has 4 N–H and O–H groups in total. The van der Waals surface area contributed by atoms with Crippen molar-refractivity contribution < 1.29 is 29.3 Å². The summed E-state index contributed by atoms with van der Waals surface area (Å²) >= 11 is 0. The first-order valence-corrected chi connectivity index (χ1v) is 7.68. The molecule has 1 aliphatic rings. The van der Waals surface area contributed by atoms with Gasteiger partial charge >= 0.3 is 12.2 Å². The Morgan fingerprint density at radius 3 is 1.50 bits per heavy atom. The predicted molar refractivity (Wildman–Crippen MR) is 78.3 cm³/mol. The molecule has 0 saturated heterocycles. The van der Waals surface area contributed by atoms with Crippen LogP contribution in [0.2, 0.25) is 0 Å². The van der Waals surface area contributed by atoms with Gasteiger partial charge in [-0.25, -0.2) is 9.59 Å². The molecular weight excluding hydrogens is 292 g/mol. The summed E-state index contributed by atoms with van der Waals surface area (Å²) < 4.78 is 9.44. The quantitative estimate of drug-likeness (QED) is 0.509. The van der Waals surface area contributed by atoms with Crippen LogP contribution in [0.4, 0.5) is 9.59 Å². The summed E-state index contributed by atoms with van der Waals surface area (Å²) in [6.07, 6.45) is 2.95. The van der Waals surface area contributed by atoms with Crippen LogP contribution in [-0.2, 0) is 9.47 Å². The Balaban J connectivity index is 2.08. The lowest BCUT2D eigenvalue weighted by Gasteiger charge is -2.28. The van der Waals surface area contributed by atoms with Gasteiger partial charge in [0.2, 0.25) is 0 Å². The summed E-state index contributed by atoms with van der Waals surface area (Å²) in [5.41, 5.74) is 0. The monoisotopic (exact) mass is 318 g/mol. The van der Waals surface area contributed by atoms with E-state index in [-0.39, 0.29) is 26.4 Å². The molecule has 1 fully saturated rings. The Hall–Kier alpha value is -1.54. The van der Waals surface area contributed by atoms with Gasteiger partial charge in [0, 0.05) is 13.1 Å². The smallest absolute Gasteiger partial charge is 0.407 e. The topological polar surface area (TPSA) is 117 Å². The molecule has 0 radical (unpaired) electrons. The van der Waals surface area contributed by atoms with Crippen LogP contribution < -0.4 is 10.6 Å². The highest BCUT2D eigenvalue weighted by Gasteiger charge is 2.22. The van der Waals surface area contributed by atoms with E-state index < -0.39 is 12.2 Å². The van der Waals surface area contributed by atoms with Gasteiger partial charge < -0.3 is 30.3 Å². The fourth-order valence-corrected chi connectivity index (χ4v) is 2.47. The third-order valence-electron chi connectivity index (χ3n) is 3.69. The molecule has 0 spiro atoms. The summed E-state index contributed by atoms with van der Waals surface area (Å²) in [7, 11) is 0. The van der Waals surface area contributed by atoms with Gasteiger partial charge in [-0.2, -0.15) is 0 Å². The van der Waals surface area contributed by atoms with Crippen molar-refractivity contribution in [3.63, 3.8) is 0 Å². The minimum atomic E-state index is -0.496. The Bertz CT molecular complexity index is 299. The molecule has 2 amide bonds. The first-order valence-electron chi connectivity index (χ1n) is 7.68. The second-order valence-corrected chi connectivity index (χ2v) is 5.37. The van der Waals surface area contributed by atoms with Crippen LogP contribution in [0.1, 0.15) is 25.7 Å². The van der Waals surface area contributed by atoms with Gasteiger partial charge in [0.25, 0.3) is 0 Å². The average molecular weight is 318 g/mol. The van der Waals surface area contributed by atoms with Gasteiger partial charge in [0.1, 0.15) is 13.2 Å². The Labute approximate surface area is 130 Å². The number of aliphatic hydroxyl groups excluding tert-OH is 2. The number of aliphatic hydroxyl groups is 2. The van der Waals surface area contributed by atoms with Gasteiger partial charge in [-0.1, -0.05) is 0 Å². The zero-order chi connectivity index (χ0) is 16.2. The van der Waals surface area contributed by atoms with Crippen molar-refractivity contribution in [1.82, 2.24) is 10.6 Å². The highest BCUT2D eigenvalue weighted by atomic mass is 16.6. The van der Waals surface area contributed by atoms with Crippen molar-refractivity contribution >= 4 is 12.2 Å². The standard InChI is InChI=1S/C14H26N2O6/c17-5-7-21-13(19)15-9-11-1-2-12(4-3-11)10-16-14(20)22-8-6-18/h11-12,17-18H,1-10H2,(H,15,19)(H,16,20). The molecule has 0 aromatic carbocycles. The molecule has 8 nitrogen and oxygen atoms in total. The lowest BCUT2D eigenvalue weighted by atomic mass is 9.82. The number of carbonyl (C=O) groups is 2. The lowest BCUT2D eigenvalue weighted by Crippen LogP contribution is -2.35. The molecule has 0 aliphatic heterocycles. The summed E-state index contributed by atoms with van der Waals surface area (Å²) in [6, 6.07) is 0. The van der Waals surface area contributed by atoms with E-state index >= 15 is 0 Å². The number of carbonyl (C=O) groups excluding carboxylic acids is 2. The molecule has 0 atom stereocenters. The number of hydrogen-bond donors (Lipinski definition) is 4. The maximum atomic E-state index is 11.2. The first-order chi connectivity index (χ1) is 10.7. The molecule has 1 saturated carbocycles. The molecular formula is C14H26N2O6. The Morgan fingerprint density at radius 2 is 1.18 bits per heavy atom. The number of rotatable bonds is 8. The van der Waals surface area contributed by atoms with E-state index in [0.29, 0.717) is 24.9 Å². The van der Waals surface area contributed by atoms with Crippen LogP contribution in [0.3, 0.4) is 0 Å². The fraction of sp³-hybridized carbons (Fsp3) is 0.857. The van der Waals surface area contributed by atoms with Gasteiger partial charge in [0.15, 0.2) is 0 Å². The van der Waals surface area contributed by atoms with E-state index in [2.05, 4.69) is 10.6 Å². The normalized spacial score (nSPS) is 21.0. The summed E-state index contributed by atoms with van der Waals surface area (Å²) in [4.78, 5) is 22.5. The van der Waals surface area contributed by atoms with Crippen molar-refractivity contribution in [1.29, 1.82) is 0 Å². The number of nitrogens with one attached hydrogen (secondary N) is 2. The van der Waals surface area contributed by atoms with Gasteiger partial charge in [-0.3, -0.25) is 0 Å². The van der Waals surface area contributed by atoms with Gasteiger partial charge in [0.05, 0.1) is 13.2 Å². The minimum absolute atomic E-state index is 0.0105. The Morgan fingerprint density at radius 1 is 0.818 bits per heavy atom. The molecule has 0 unspecified atom stereocenters. The van der Waals surface area contributed by atoms with Crippen LogP contribution in [-0.4, -0.2) is 61.9 Å². The number of ether oxygens (including phenoxy) is 2. The van der Waals surface area contributed by atoms with Crippen LogP contribution in [0.15, 0.2) is 0 Å². The minimum Gasteiger partial charge on any atom is -0.447 e. The maximum absolute atomic E-state index is 11.2. The largest absolute Gasteiger partial charge is 0.447 e. The second-order valence-electron chi connectivity index (χ2n) is 5.37. The third kappa shape index (κ3) is 8.04. The summed E-state index contributed by atoms with van der Waals surface area (Å²) in [5.74, 6) is 0.832. The molecule has 0 aromatic heterocycles. The molecule has 0 heterocycles. The molecule has 1 rings (SSSR count). The highest BCUT2D eigenvalue weighted by molar-refractivity contribution is 5.67. The van der Waals surface area contributed by atoms with Crippen molar-refractivity contribution in [3.05, 3.63) is 0 Å². The maximum Gasteiger partial charge on any atom is 0.407 e. The Kier molecular flexibility index (Phi) is 9.33. The number of alkyl carbamates (subject to hydrolysis) is 2. The summed E-state index contributed by atoms with van der Waals surface area (Å²) in [5, 5.41) is 22.5. The van der Waals surface area contributed by atoms with Crippen molar-refractivity contribution in [3.8, 4) is 0 Å². The second kappa shape index (κ2) is 11.1. The van der Waals surface area contributed by atoms with E-state index in [9.17, 15) is 9.59 Å². The van der Waals surface area contributed by atoms with E-state index in [4.69, 9.17) is 19.7 Å². The van der Waals surface area contributed by atoms with Crippen LogP contribution >= 0.6 is 0 Å². The molecule has 128 valence electrons. The van der Waals surface area contributed by atoms with Crippen LogP contribution in [0.5, 0.6) is 0 Å². The first kappa shape index (κ1) is 18.5. The summed E-state index contributed by atoms with van der Waals surface area (Å²) in [6.45, 7) is 0.817. The fourth-order valence-electron chi connectivity index (χ4n) is 2.47. The SMILES string of the molecule is O=C(NCC1CCC(CNC(=O)OCCO)CC1)OCCO. The predicted octanol–water partition coefficient (Wildman–Crippen LogP) is 0.230. The van der Waals surface area contributed by atoms with Crippen molar-refractivity contribution in [2.24, 2.45) is 11.8 Å². The van der Waals surface area contributed by atoms with E-state index in [1.165, 1.54) is 0 Å². The molecule has 8 heteroatoms. The third-order valence-corrected chi connectivity index (χ3v) is 3.69. The molecule has 0 bridgehead atoms. The molecule has 1 aliphatic carbocycles. The van der Waals surface area contributed by atoms with E-state index in [1.54, 1.807) is 0 Å². The zero-order valence-corrected chi connectivity index (χ0v) is 12.8. The van der Waals surface area contributed by atoms with Gasteiger partial charge in [-0.05, 0) is 37.5 Å². The molecule has 22 heavy (non-hydrogen) atoms. The average Bonchev–Trinajstić information content (AvgIpc) is 2.55. The number of amides is 2. The zero-order valence-electron chi connectivity index (χ0n) is 12.8. The molecule has 0 aromatic rings. The highest BCUT2D eigenvalue weighted by Crippen LogP contribution is 2.27. The lowest BCUT2D eigenvalue weighted by molar-refractivity contribution is 0.114. The van der Waals surface area contributed by atoms with Crippen molar-refractivity contribution in [2.75, 3.05) is 39.5 Å². The van der Waals surface area contributed by atoms with Gasteiger partial charge in [-0.15, -0.1) is 0 Å². The van der Waals surface area contributed by atoms with Crippen molar-refractivity contribution in [2.45, 2.75) is 25.7 Å². The van der Waals surface area contributed by atoms with Crippen LogP contribution in [0, 0.1) is 11.8 Å². The number of hydrogen-bond acceptors (Lipinski definition) is 6. The van der Waals surface area contributed by atoms with E-state index in [1.807, 2.05) is 0 Å².